The SMILES string of the molecule is C[NH2+]c1ncnc2c1c(CC1CCN(C(=O)CC#N)CC1)cn2C(=O)N(C)c1ccccc1OC1OC(C(=O)O)C(O)C(O)C1O. The second kappa shape index (κ2) is 13.8. The number of aliphatic carboxylic acids is 1. The van der Waals surface area contributed by atoms with Gasteiger partial charge in [-0.2, -0.15) is 10.2 Å². The normalized spacial score (nSPS) is 23.6. The summed E-state index contributed by atoms with van der Waals surface area (Å²) in [6.45, 7) is 1.10. The second-order valence-electron chi connectivity index (χ2n) is 11.3. The van der Waals surface area contributed by atoms with Crippen LogP contribution < -0.4 is 15.0 Å². The first-order chi connectivity index (χ1) is 22.0. The zero-order valence-electron chi connectivity index (χ0n) is 25.3. The monoisotopic (exact) mass is 638 g/mol. The molecule has 244 valence electrons. The van der Waals surface area contributed by atoms with Crippen LogP contribution in [0.25, 0.3) is 11.0 Å². The highest BCUT2D eigenvalue weighted by Crippen LogP contribution is 2.34. The van der Waals surface area contributed by atoms with Crippen LogP contribution in [0.2, 0.25) is 0 Å². The van der Waals surface area contributed by atoms with E-state index in [0.29, 0.717) is 31.0 Å². The van der Waals surface area contributed by atoms with Crippen LogP contribution in [-0.2, 0) is 20.7 Å². The number of hydrogen-bond acceptors (Lipinski definition) is 11. The lowest BCUT2D eigenvalue weighted by atomic mass is 9.90. The number of quaternary nitrogens is 1. The van der Waals surface area contributed by atoms with Crippen molar-refractivity contribution in [3.8, 4) is 11.8 Å². The summed E-state index contributed by atoms with van der Waals surface area (Å²) in [5, 5.41) is 51.5. The van der Waals surface area contributed by atoms with Crippen molar-refractivity contribution < 1.29 is 49.6 Å². The number of ether oxygens (including phenoxy) is 2. The molecule has 0 bridgehead atoms. The molecule has 5 atom stereocenters. The zero-order valence-corrected chi connectivity index (χ0v) is 25.3. The minimum atomic E-state index is -1.88. The Labute approximate surface area is 263 Å². The van der Waals surface area contributed by atoms with Gasteiger partial charge in [0.25, 0.3) is 0 Å². The summed E-state index contributed by atoms with van der Waals surface area (Å²) < 4.78 is 12.5. The van der Waals surface area contributed by atoms with Crippen molar-refractivity contribution in [3.05, 3.63) is 42.4 Å². The van der Waals surface area contributed by atoms with Crippen LogP contribution >= 0.6 is 0 Å². The first-order valence-electron chi connectivity index (χ1n) is 14.8. The van der Waals surface area contributed by atoms with E-state index in [2.05, 4.69) is 9.97 Å². The minimum Gasteiger partial charge on any atom is -0.479 e. The summed E-state index contributed by atoms with van der Waals surface area (Å²) in [7, 11) is 3.35. The molecule has 2 aliphatic rings. The summed E-state index contributed by atoms with van der Waals surface area (Å²) in [4.78, 5) is 49.6. The number of nitriles is 1. The first kappa shape index (κ1) is 32.7. The van der Waals surface area contributed by atoms with Gasteiger partial charge in [-0.1, -0.05) is 12.1 Å². The number of anilines is 1. The van der Waals surface area contributed by atoms with Crippen molar-refractivity contribution in [2.75, 3.05) is 32.1 Å². The van der Waals surface area contributed by atoms with Crippen LogP contribution in [0.4, 0.5) is 16.3 Å². The van der Waals surface area contributed by atoms with Gasteiger partial charge in [-0.3, -0.25) is 19.6 Å². The molecular formula is C30H36N7O9+. The van der Waals surface area contributed by atoms with E-state index in [1.54, 1.807) is 29.3 Å². The molecule has 1 aromatic carbocycles. The Balaban J connectivity index is 1.40. The largest absolute Gasteiger partial charge is 0.479 e. The number of nitrogens with zero attached hydrogens (tertiary/aromatic N) is 6. The number of aromatic nitrogens is 3. The maximum absolute atomic E-state index is 14.0. The molecule has 2 saturated heterocycles. The molecule has 16 nitrogen and oxygen atoms in total. The molecule has 5 rings (SSSR count). The number of hydrogen-bond donors (Lipinski definition) is 5. The highest BCUT2D eigenvalue weighted by molar-refractivity contribution is 6.02. The molecule has 2 aromatic heterocycles. The number of aliphatic hydroxyl groups excluding tert-OH is 3. The van der Waals surface area contributed by atoms with E-state index in [4.69, 9.17) is 14.7 Å². The van der Waals surface area contributed by atoms with E-state index in [9.17, 15) is 34.8 Å². The number of fused-ring (bicyclic) bond motifs is 1. The van der Waals surface area contributed by atoms with Gasteiger partial charge in [-0.05, 0) is 42.9 Å². The molecule has 0 radical (unpaired) electrons. The van der Waals surface area contributed by atoms with Crippen LogP contribution in [0.3, 0.4) is 0 Å². The van der Waals surface area contributed by atoms with E-state index in [-0.39, 0.29) is 29.7 Å². The van der Waals surface area contributed by atoms with Gasteiger partial charge in [-0.25, -0.2) is 14.6 Å². The van der Waals surface area contributed by atoms with Crippen LogP contribution in [0.1, 0.15) is 24.8 Å². The molecule has 0 spiro atoms. The van der Waals surface area contributed by atoms with Gasteiger partial charge in [0.05, 0.1) is 18.8 Å². The van der Waals surface area contributed by atoms with Crippen molar-refractivity contribution in [2.45, 2.75) is 56.4 Å². The van der Waals surface area contributed by atoms with Gasteiger partial charge >= 0.3 is 12.0 Å². The molecule has 2 fully saturated rings. The standard InChI is InChI=1S/C30H35N7O9/c1-32-26-21-17(13-16-8-11-36(12-9-16)20(38)7-10-31)14-37(27(21)34-15-33-26)30(44)35(2)18-5-3-4-6-19(18)45-29-24(41)22(39)23(40)25(46-29)28(42)43/h3-6,14-16,22-25,29,39-41H,7-9,11-13H2,1-2H3,(H,42,43)(H,32,33,34)/p+1. The summed E-state index contributed by atoms with van der Waals surface area (Å²) >= 11 is 0. The van der Waals surface area contributed by atoms with Crippen LogP contribution in [-0.4, -0.2) is 116 Å². The lowest BCUT2D eigenvalue weighted by Crippen LogP contribution is -2.73. The molecular weight excluding hydrogens is 602 g/mol. The number of carboxylic acid groups (broad SMARTS) is 1. The smallest absolute Gasteiger partial charge is 0.335 e. The number of carbonyl (C=O) groups is 3. The van der Waals surface area contributed by atoms with Crippen molar-refractivity contribution in [1.82, 2.24) is 19.4 Å². The molecule has 0 saturated carbocycles. The third-order valence-corrected chi connectivity index (χ3v) is 8.45. The molecule has 2 aliphatic heterocycles. The fourth-order valence-electron chi connectivity index (χ4n) is 5.93. The van der Waals surface area contributed by atoms with Crippen LogP contribution in [0.5, 0.6) is 5.75 Å². The third-order valence-electron chi connectivity index (χ3n) is 8.45. The van der Waals surface area contributed by atoms with E-state index in [1.807, 2.05) is 18.4 Å². The van der Waals surface area contributed by atoms with Gasteiger partial charge in [-0.15, -0.1) is 0 Å². The number of carboxylic acids is 1. The summed E-state index contributed by atoms with van der Waals surface area (Å²) in [6.07, 6.45) is -3.98. The highest BCUT2D eigenvalue weighted by atomic mass is 16.7. The number of aliphatic hydroxyl groups is 3. The first-order valence-corrected chi connectivity index (χ1v) is 14.8. The Hall–Kier alpha value is -4.66. The topological polar surface area (TPSA) is 228 Å². The summed E-state index contributed by atoms with van der Waals surface area (Å²) in [5.74, 6) is -0.792. The van der Waals surface area contributed by atoms with Gasteiger partial charge in [0.2, 0.25) is 18.0 Å². The number of amides is 2. The van der Waals surface area contributed by atoms with Crippen molar-refractivity contribution in [3.63, 3.8) is 0 Å². The lowest BCUT2D eigenvalue weighted by Gasteiger charge is -2.38. The Morgan fingerprint density at radius 3 is 2.52 bits per heavy atom. The number of nitrogens with two attached hydrogens (primary N) is 1. The Morgan fingerprint density at radius 1 is 1.13 bits per heavy atom. The highest BCUT2D eigenvalue weighted by Gasteiger charge is 2.48. The van der Waals surface area contributed by atoms with Gasteiger partial charge in [0.15, 0.2) is 11.8 Å². The molecule has 5 unspecified atom stereocenters. The van der Waals surface area contributed by atoms with Gasteiger partial charge < -0.3 is 34.8 Å². The number of piperidine rings is 1. The Bertz CT molecular complexity index is 1650. The predicted octanol–water partition coefficient (Wildman–Crippen LogP) is -0.674. The number of carbonyl (C=O) groups excluding carboxylic acids is 2. The number of benzene rings is 1. The van der Waals surface area contributed by atoms with E-state index in [0.717, 1.165) is 23.8 Å². The molecule has 4 heterocycles. The van der Waals surface area contributed by atoms with E-state index in [1.165, 1.54) is 28.9 Å². The Kier molecular flexibility index (Phi) is 9.79. The zero-order chi connectivity index (χ0) is 33.1. The van der Waals surface area contributed by atoms with Crippen molar-refractivity contribution in [2.24, 2.45) is 5.92 Å². The van der Waals surface area contributed by atoms with E-state index < -0.39 is 42.7 Å². The van der Waals surface area contributed by atoms with Crippen LogP contribution in [0.15, 0.2) is 36.8 Å². The quantitative estimate of drug-likeness (QED) is 0.207. The van der Waals surface area contributed by atoms with Crippen LogP contribution in [0, 0.1) is 17.2 Å². The minimum absolute atomic E-state index is 0.0433. The molecule has 3 aromatic rings. The van der Waals surface area contributed by atoms with E-state index >= 15 is 0 Å². The average Bonchev–Trinajstić information content (AvgIpc) is 3.43. The molecule has 46 heavy (non-hydrogen) atoms. The third kappa shape index (κ3) is 6.36. The molecule has 16 heteroatoms. The predicted molar refractivity (Wildman–Crippen MR) is 159 cm³/mol. The molecule has 0 aliphatic carbocycles. The maximum atomic E-state index is 14.0. The summed E-state index contributed by atoms with van der Waals surface area (Å²) in [5.41, 5.74) is 1.50. The number of para-hydroxylation sites is 2. The second-order valence-corrected chi connectivity index (χ2v) is 11.3. The molecule has 2 amide bonds. The number of rotatable bonds is 8. The van der Waals surface area contributed by atoms with Gasteiger partial charge in [0.1, 0.15) is 42.2 Å². The van der Waals surface area contributed by atoms with Crippen molar-refractivity contribution >= 4 is 40.4 Å². The number of likely N-dealkylation sites (tertiary alicyclic amines) is 1. The Morgan fingerprint density at radius 2 is 1.85 bits per heavy atom. The maximum Gasteiger partial charge on any atom is 0.335 e. The lowest BCUT2D eigenvalue weighted by molar-refractivity contribution is -0.541. The fraction of sp³-hybridized carbons (Fsp3) is 0.467. The fourth-order valence-corrected chi connectivity index (χ4v) is 5.93. The molecule has 6 N–H and O–H groups in total. The average molecular weight is 639 g/mol. The van der Waals surface area contributed by atoms with Crippen molar-refractivity contribution in [1.29, 1.82) is 5.26 Å². The summed E-state index contributed by atoms with van der Waals surface area (Å²) in [6, 6.07) is 7.72. The van der Waals surface area contributed by atoms with Gasteiger partial charge in [0, 0.05) is 26.3 Å².